The quantitative estimate of drug-likeness (QED) is 0.786. The van der Waals surface area contributed by atoms with Crippen molar-refractivity contribution in [1.29, 1.82) is 0 Å². The zero-order valence-electron chi connectivity index (χ0n) is 11.4. The lowest BCUT2D eigenvalue weighted by molar-refractivity contribution is 0.0837. The molecule has 2 saturated heterocycles. The van der Waals surface area contributed by atoms with Gasteiger partial charge >= 0.3 is 0 Å². The number of aliphatic hydroxyl groups excluding tert-OH is 1. The Balaban J connectivity index is 1.97. The first kappa shape index (κ1) is 13.3. The molecule has 2 atom stereocenters. The number of rotatable bonds is 4. The Morgan fingerprint density at radius 2 is 2.18 bits per heavy atom. The Bertz CT molecular complexity index is 236. The minimum atomic E-state index is 0.0143. The second-order valence-corrected chi connectivity index (χ2v) is 6.15. The first-order valence-corrected chi connectivity index (χ1v) is 7.28. The van der Waals surface area contributed by atoms with Gasteiger partial charge in [-0.3, -0.25) is 4.90 Å². The Hall–Kier alpha value is -0.120. The highest BCUT2D eigenvalue weighted by Crippen LogP contribution is 2.31. The van der Waals surface area contributed by atoms with E-state index in [9.17, 15) is 5.11 Å². The summed E-state index contributed by atoms with van der Waals surface area (Å²) in [5.41, 5.74) is 0.0143. The molecule has 0 aromatic heterocycles. The minimum Gasteiger partial charge on any atom is -0.394 e. The molecule has 0 radical (unpaired) electrons. The molecule has 2 aliphatic rings. The predicted molar refractivity (Wildman–Crippen MR) is 71.2 cm³/mol. The summed E-state index contributed by atoms with van der Waals surface area (Å²) in [6.45, 7) is 7.20. The zero-order chi connectivity index (χ0) is 12.3. The van der Waals surface area contributed by atoms with Crippen LogP contribution in [0.2, 0.25) is 0 Å². The second-order valence-electron chi connectivity index (χ2n) is 6.15. The number of likely N-dealkylation sites (tertiary alicyclic amines) is 1. The molecule has 100 valence electrons. The number of aliphatic hydroxyl groups is 1. The molecule has 0 saturated carbocycles. The lowest BCUT2D eigenvalue weighted by atomic mass is 9.83. The maximum atomic E-state index is 9.75. The largest absolute Gasteiger partial charge is 0.394 e. The van der Waals surface area contributed by atoms with E-state index in [4.69, 9.17) is 0 Å². The second kappa shape index (κ2) is 5.68. The van der Waals surface area contributed by atoms with Crippen molar-refractivity contribution < 1.29 is 5.11 Å². The van der Waals surface area contributed by atoms with E-state index >= 15 is 0 Å². The lowest BCUT2D eigenvalue weighted by Gasteiger charge is -2.41. The van der Waals surface area contributed by atoms with Crippen LogP contribution in [0.5, 0.6) is 0 Å². The molecular formula is C14H28N2O. The number of hydrogen-bond donors (Lipinski definition) is 2. The van der Waals surface area contributed by atoms with E-state index in [1.165, 1.54) is 32.2 Å². The van der Waals surface area contributed by atoms with Crippen molar-refractivity contribution in [2.75, 3.05) is 19.7 Å². The summed E-state index contributed by atoms with van der Waals surface area (Å²) in [6, 6.07) is 1.31. The summed E-state index contributed by atoms with van der Waals surface area (Å²) in [4.78, 5) is 2.62. The van der Waals surface area contributed by atoms with Crippen LogP contribution in [-0.4, -0.2) is 47.3 Å². The van der Waals surface area contributed by atoms with Crippen LogP contribution < -0.4 is 5.32 Å². The number of hydrogen-bond acceptors (Lipinski definition) is 3. The monoisotopic (exact) mass is 240 g/mol. The zero-order valence-corrected chi connectivity index (χ0v) is 11.4. The Morgan fingerprint density at radius 3 is 2.76 bits per heavy atom. The molecule has 2 fully saturated rings. The van der Waals surface area contributed by atoms with Crippen LogP contribution in [0.3, 0.4) is 0 Å². The third kappa shape index (κ3) is 3.01. The maximum absolute atomic E-state index is 9.75. The summed E-state index contributed by atoms with van der Waals surface area (Å²) in [6.07, 6.45) is 7.43. The van der Waals surface area contributed by atoms with Crippen LogP contribution in [0.15, 0.2) is 0 Å². The van der Waals surface area contributed by atoms with Crippen molar-refractivity contribution in [2.24, 2.45) is 0 Å². The average molecular weight is 240 g/mol. The van der Waals surface area contributed by atoms with Gasteiger partial charge in [0.2, 0.25) is 0 Å². The molecule has 3 heteroatoms. The van der Waals surface area contributed by atoms with Crippen molar-refractivity contribution in [3.05, 3.63) is 0 Å². The topological polar surface area (TPSA) is 35.5 Å². The van der Waals surface area contributed by atoms with E-state index in [1.807, 2.05) is 0 Å². The molecule has 0 aromatic rings. The van der Waals surface area contributed by atoms with Crippen LogP contribution >= 0.6 is 0 Å². The molecule has 0 bridgehead atoms. The van der Waals surface area contributed by atoms with Crippen LogP contribution in [0.1, 0.15) is 52.4 Å². The molecule has 3 nitrogen and oxygen atoms in total. The van der Waals surface area contributed by atoms with Crippen LogP contribution in [-0.2, 0) is 0 Å². The summed E-state index contributed by atoms with van der Waals surface area (Å²) in [7, 11) is 0. The third-order valence-corrected chi connectivity index (χ3v) is 4.60. The standard InChI is InChI=1S/C14H28N2O/c1-12(2)16-9-5-6-13(16)10-14(11-17)7-3-4-8-15-14/h12-13,15,17H,3-11H2,1-2H3. The fraction of sp³-hybridized carbons (Fsp3) is 1.00. The first-order valence-electron chi connectivity index (χ1n) is 7.28. The molecule has 0 spiro atoms. The van der Waals surface area contributed by atoms with Crippen molar-refractivity contribution >= 4 is 0 Å². The molecule has 0 aromatic carbocycles. The van der Waals surface area contributed by atoms with E-state index in [0.717, 1.165) is 19.4 Å². The molecule has 17 heavy (non-hydrogen) atoms. The molecule has 2 unspecified atom stereocenters. The lowest BCUT2D eigenvalue weighted by Crippen LogP contribution is -2.55. The predicted octanol–water partition coefficient (Wildman–Crippen LogP) is 1.75. The Kier molecular flexibility index (Phi) is 4.45. The maximum Gasteiger partial charge on any atom is 0.0613 e. The molecule has 2 rings (SSSR count). The molecule has 2 N–H and O–H groups in total. The molecule has 0 aliphatic carbocycles. The van der Waals surface area contributed by atoms with Crippen LogP contribution in [0.25, 0.3) is 0 Å². The van der Waals surface area contributed by atoms with E-state index in [0.29, 0.717) is 18.7 Å². The van der Waals surface area contributed by atoms with Crippen molar-refractivity contribution in [3.63, 3.8) is 0 Å². The van der Waals surface area contributed by atoms with Gasteiger partial charge in [0.25, 0.3) is 0 Å². The van der Waals surface area contributed by atoms with Crippen molar-refractivity contribution in [1.82, 2.24) is 10.2 Å². The van der Waals surface area contributed by atoms with Gasteiger partial charge in [-0.25, -0.2) is 0 Å². The Morgan fingerprint density at radius 1 is 1.35 bits per heavy atom. The average Bonchev–Trinajstić information content (AvgIpc) is 2.78. The molecule has 0 amide bonds. The number of nitrogens with zero attached hydrogens (tertiary/aromatic N) is 1. The molecule has 2 aliphatic heterocycles. The van der Waals surface area contributed by atoms with Gasteiger partial charge in [-0.2, -0.15) is 0 Å². The molecule has 2 heterocycles. The van der Waals surface area contributed by atoms with Gasteiger partial charge in [-0.1, -0.05) is 6.42 Å². The summed E-state index contributed by atoms with van der Waals surface area (Å²) in [5.74, 6) is 0. The van der Waals surface area contributed by atoms with Gasteiger partial charge in [0, 0.05) is 17.6 Å². The van der Waals surface area contributed by atoms with Crippen LogP contribution in [0.4, 0.5) is 0 Å². The number of piperidine rings is 1. The normalized spacial score (nSPS) is 35.6. The van der Waals surface area contributed by atoms with E-state index in [1.54, 1.807) is 0 Å². The highest BCUT2D eigenvalue weighted by molar-refractivity contribution is 4.96. The third-order valence-electron chi connectivity index (χ3n) is 4.60. The van der Waals surface area contributed by atoms with Gasteiger partial charge in [0.1, 0.15) is 0 Å². The first-order chi connectivity index (χ1) is 8.17. The SMILES string of the molecule is CC(C)N1CCCC1CC1(CO)CCCCN1. The smallest absolute Gasteiger partial charge is 0.0613 e. The highest BCUT2D eigenvalue weighted by Gasteiger charge is 2.37. The fourth-order valence-corrected chi connectivity index (χ4v) is 3.61. The van der Waals surface area contributed by atoms with Crippen LogP contribution in [0, 0.1) is 0 Å². The number of nitrogens with one attached hydrogen (secondary N) is 1. The van der Waals surface area contributed by atoms with E-state index < -0.39 is 0 Å². The van der Waals surface area contributed by atoms with Gasteiger partial charge < -0.3 is 10.4 Å². The fourth-order valence-electron chi connectivity index (χ4n) is 3.61. The van der Waals surface area contributed by atoms with Gasteiger partial charge in [0.15, 0.2) is 0 Å². The minimum absolute atomic E-state index is 0.0143. The van der Waals surface area contributed by atoms with Gasteiger partial charge in [-0.05, 0) is 59.0 Å². The van der Waals surface area contributed by atoms with Gasteiger partial charge in [-0.15, -0.1) is 0 Å². The van der Waals surface area contributed by atoms with E-state index in [2.05, 4.69) is 24.1 Å². The van der Waals surface area contributed by atoms with Crippen molar-refractivity contribution in [2.45, 2.75) is 70.0 Å². The van der Waals surface area contributed by atoms with E-state index in [-0.39, 0.29) is 5.54 Å². The Labute approximate surface area is 106 Å². The summed E-state index contributed by atoms with van der Waals surface area (Å²) in [5, 5.41) is 13.3. The highest BCUT2D eigenvalue weighted by atomic mass is 16.3. The summed E-state index contributed by atoms with van der Waals surface area (Å²) < 4.78 is 0. The molecular weight excluding hydrogens is 212 g/mol. The summed E-state index contributed by atoms with van der Waals surface area (Å²) >= 11 is 0. The van der Waals surface area contributed by atoms with Gasteiger partial charge in [0.05, 0.1) is 6.61 Å². The van der Waals surface area contributed by atoms with Crippen molar-refractivity contribution in [3.8, 4) is 0 Å².